The van der Waals surface area contributed by atoms with E-state index in [2.05, 4.69) is 25.8 Å². The molecule has 1 aliphatic carbocycles. The monoisotopic (exact) mass is 361 g/mol. The molecule has 3 aromatic rings. The molecule has 27 heavy (non-hydrogen) atoms. The van der Waals surface area contributed by atoms with Crippen molar-refractivity contribution >= 4 is 34.8 Å². The first kappa shape index (κ1) is 17.3. The van der Waals surface area contributed by atoms with E-state index in [9.17, 15) is 4.79 Å². The summed E-state index contributed by atoms with van der Waals surface area (Å²) in [5.41, 5.74) is 3.35. The third-order valence-corrected chi connectivity index (χ3v) is 4.89. The number of pyridine rings is 1. The topological polar surface area (TPSA) is 82.7 Å². The van der Waals surface area contributed by atoms with Gasteiger partial charge in [-0.1, -0.05) is 25.3 Å². The molecular weight excluding hydrogens is 338 g/mol. The van der Waals surface area contributed by atoms with Crippen LogP contribution >= 0.6 is 0 Å². The van der Waals surface area contributed by atoms with Crippen LogP contribution in [0.3, 0.4) is 0 Å². The van der Waals surface area contributed by atoms with E-state index in [0.29, 0.717) is 0 Å². The highest BCUT2D eigenvalue weighted by atomic mass is 16.2. The van der Waals surface area contributed by atoms with Crippen LogP contribution in [0.1, 0.15) is 43.5 Å². The molecule has 0 unspecified atom stereocenters. The maximum absolute atomic E-state index is 12.2. The van der Waals surface area contributed by atoms with Gasteiger partial charge in [-0.15, -0.1) is 0 Å². The van der Waals surface area contributed by atoms with Crippen LogP contribution in [-0.4, -0.2) is 27.3 Å². The van der Waals surface area contributed by atoms with E-state index >= 15 is 0 Å². The van der Waals surface area contributed by atoms with Crippen molar-refractivity contribution in [3.05, 3.63) is 54.0 Å². The van der Waals surface area contributed by atoms with E-state index in [0.717, 1.165) is 40.8 Å². The Morgan fingerprint density at radius 2 is 2.00 bits per heavy atom. The van der Waals surface area contributed by atoms with Gasteiger partial charge in [-0.05, 0) is 55.3 Å². The first-order chi connectivity index (χ1) is 13.3. The summed E-state index contributed by atoms with van der Waals surface area (Å²) < 4.78 is 0. The predicted molar refractivity (Wildman–Crippen MR) is 108 cm³/mol. The molecule has 1 aromatic carbocycles. The van der Waals surface area contributed by atoms with Gasteiger partial charge in [-0.25, -0.2) is 4.79 Å². The Bertz CT molecular complexity index is 942. The minimum absolute atomic E-state index is 0.143. The number of amides is 2. The summed E-state index contributed by atoms with van der Waals surface area (Å²) in [6.07, 6.45) is 11.4. The average molecular weight is 361 g/mol. The SMILES string of the molecule is O=C(Nc1ccc2c(/C=C/c3ccccn3)n[nH]c2c1)NC1CCCCC1. The lowest BCUT2D eigenvalue weighted by atomic mass is 9.96. The Morgan fingerprint density at radius 1 is 1.11 bits per heavy atom. The van der Waals surface area contributed by atoms with Crippen molar-refractivity contribution in [3.63, 3.8) is 0 Å². The summed E-state index contributed by atoms with van der Waals surface area (Å²) in [6, 6.07) is 11.7. The second kappa shape index (κ2) is 8.03. The van der Waals surface area contributed by atoms with Gasteiger partial charge in [0.05, 0.1) is 16.9 Å². The summed E-state index contributed by atoms with van der Waals surface area (Å²) >= 11 is 0. The number of nitrogens with one attached hydrogen (secondary N) is 3. The second-order valence-corrected chi connectivity index (χ2v) is 6.89. The molecule has 3 N–H and O–H groups in total. The summed E-state index contributed by atoms with van der Waals surface area (Å²) in [5, 5.41) is 14.4. The molecule has 0 radical (unpaired) electrons. The Labute approximate surface area is 158 Å². The number of fused-ring (bicyclic) bond motifs is 1. The lowest BCUT2D eigenvalue weighted by Gasteiger charge is -2.22. The fourth-order valence-electron chi connectivity index (χ4n) is 3.48. The van der Waals surface area contributed by atoms with Gasteiger partial charge in [-0.3, -0.25) is 10.1 Å². The van der Waals surface area contributed by atoms with Gasteiger partial charge in [0.15, 0.2) is 0 Å². The standard InChI is InChI=1S/C21H23N5O/c27-21(23-16-7-2-1-3-8-16)24-17-9-11-18-19(25-26-20(18)14-17)12-10-15-6-4-5-13-22-15/h4-6,9-14,16H,1-3,7-8H2,(H,25,26)(H2,23,24,27)/b12-10+. The van der Waals surface area contributed by atoms with Crippen LogP contribution in [0.4, 0.5) is 10.5 Å². The minimum atomic E-state index is -0.143. The molecule has 6 heteroatoms. The van der Waals surface area contributed by atoms with Crippen molar-refractivity contribution in [1.29, 1.82) is 0 Å². The molecule has 1 aliphatic rings. The van der Waals surface area contributed by atoms with Crippen molar-refractivity contribution in [2.75, 3.05) is 5.32 Å². The van der Waals surface area contributed by atoms with Gasteiger partial charge in [0, 0.05) is 23.3 Å². The Kier molecular flexibility index (Phi) is 5.14. The summed E-state index contributed by atoms with van der Waals surface area (Å²) in [5.74, 6) is 0. The average Bonchev–Trinajstić information content (AvgIpc) is 3.10. The van der Waals surface area contributed by atoms with Crippen LogP contribution in [0.5, 0.6) is 0 Å². The van der Waals surface area contributed by atoms with E-state index in [1.807, 2.05) is 48.6 Å². The maximum atomic E-state index is 12.2. The highest BCUT2D eigenvalue weighted by molar-refractivity contribution is 5.95. The van der Waals surface area contributed by atoms with Gasteiger partial charge in [-0.2, -0.15) is 5.10 Å². The number of hydrogen-bond acceptors (Lipinski definition) is 3. The number of carbonyl (C=O) groups is 1. The molecule has 2 aromatic heterocycles. The van der Waals surface area contributed by atoms with Gasteiger partial charge < -0.3 is 10.6 Å². The Morgan fingerprint density at radius 3 is 2.81 bits per heavy atom. The van der Waals surface area contributed by atoms with Crippen LogP contribution < -0.4 is 10.6 Å². The Balaban J connectivity index is 1.44. The molecule has 0 atom stereocenters. The van der Waals surface area contributed by atoms with Crippen molar-refractivity contribution < 1.29 is 4.79 Å². The summed E-state index contributed by atoms with van der Waals surface area (Å²) in [7, 11) is 0. The van der Waals surface area contributed by atoms with Crippen LogP contribution in [0.25, 0.3) is 23.1 Å². The van der Waals surface area contributed by atoms with E-state index in [-0.39, 0.29) is 12.1 Å². The van der Waals surface area contributed by atoms with Crippen molar-refractivity contribution in [2.45, 2.75) is 38.1 Å². The summed E-state index contributed by atoms with van der Waals surface area (Å²) in [4.78, 5) is 16.5. The van der Waals surface area contributed by atoms with Crippen molar-refractivity contribution in [2.24, 2.45) is 0 Å². The number of anilines is 1. The number of rotatable bonds is 4. The highest BCUT2D eigenvalue weighted by Crippen LogP contribution is 2.22. The van der Waals surface area contributed by atoms with E-state index in [1.54, 1.807) is 6.20 Å². The normalized spacial score (nSPS) is 15.3. The second-order valence-electron chi connectivity index (χ2n) is 6.89. The van der Waals surface area contributed by atoms with E-state index in [4.69, 9.17) is 0 Å². The van der Waals surface area contributed by atoms with E-state index in [1.165, 1.54) is 19.3 Å². The first-order valence-electron chi connectivity index (χ1n) is 9.43. The number of aromatic nitrogens is 3. The van der Waals surface area contributed by atoms with Crippen molar-refractivity contribution in [3.8, 4) is 0 Å². The van der Waals surface area contributed by atoms with Crippen LogP contribution in [0, 0.1) is 0 Å². The third kappa shape index (κ3) is 4.34. The number of urea groups is 1. The van der Waals surface area contributed by atoms with Gasteiger partial charge in [0.2, 0.25) is 0 Å². The molecule has 6 nitrogen and oxygen atoms in total. The third-order valence-electron chi connectivity index (χ3n) is 4.89. The number of aromatic amines is 1. The molecule has 0 aliphatic heterocycles. The molecule has 138 valence electrons. The number of hydrogen-bond donors (Lipinski definition) is 3. The van der Waals surface area contributed by atoms with Gasteiger partial charge in [0.1, 0.15) is 0 Å². The largest absolute Gasteiger partial charge is 0.335 e. The molecule has 0 spiro atoms. The molecule has 2 amide bonds. The zero-order valence-corrected chi connectivity index (χ0v) is 15.1. The zero-order valence-electron chi connectivity index (χ0n) is 15.1. The Hall–Kier alpha value is -3.15. The molecular formula is C21H23N5O. The van der Waals surface area contributed by atoms with Crippen LogP contribution in [0.2, 0.25) is 0 Å². The fourth-order valence-corrected chi connectivity index (χ4v) is 3.48. The molecule has 2 heterocycles. The highest BCUT2D eigenvalue weighted by Gasteiger charge is 2.15. The predicted octanol–water partition coefficient (Wildman–Crippen LogP) is 4.58. The first-order valence-corrected chi connectivity index (χ1v) is 9.43. The molecule has 1 fully saturated rings. The van der Waals surface area contributed by atoms with Gasteiger partial charge in [0.25, 0.3) is 0 Å². The van der Waals surface area contributed by atoms with Crippen molar-refractivity contribution in [1.82, 2.24) is 20.5 Å². The number of carbonyl (C=O) groups excluding carboxylic acids is 1. The maximum Gasteiger partial charge on any atom is 0.319 e. The number of benzene rings is 1. The molecule has 0 bridgehead atoms. The smallest absolute Gasteiger partial charge is 0.319 e. The molecule has 0 saturated heterocycles. The number of H-pyrrole nitrogens is 1. The van der Waals surface area contributed by atoms with Crippen LogP contribution in [0.15, 0.2) is 42.6 Å². The quantitative estimate of drug-likeness (QED) is 0.636. The molecule has 1 saturated carbocycles. The number of nitrogens with zero attached hydrogens (tertiary/aromatic N) is 2. The summed E-state index contributed by atoms with van der Waals surface area (Å²) in [6.45, 7) is 0. The lowest BCUT2D eigenvalue weighted by molar-refractivity contribution is 0.244. The van der Waals surface area contributed by atoms with Gasteiger partial charge >= 0.3 is 6.03 Å². The lowest BCUT2D eigenvalue weighted by Crippen LogP contribution is -2.38. The molecule has 4 rings (SSSR count). The fraction of sp³-hybridized carbons (Fsp3) is 0.286. The zero-order chi connectivity index (χ0) is 18.5. The minimum Gasteiger partial charge on any atom is -0.335 e. The van der Waals surface area contributed by atoms with Crippen LogP contribution in [-0.2, 0) is 0 Å². The van der Waals surface area contributed by atoms with E-state index < -0.39 is 0 Å².